The minimum absolute atomic E-state index is 0.0382. The van der Waals surface area contributed by atoms with Crippen LogP contribution in [-0.2, 0) is 6.54 Å². The maximum Gasteiger partial charge on any atom is 0.251 e. The highest BCUT2D eigenvalue weighted by atomic mass is 35.5. The Morgan fingerprint density at radius 2 is 1.79 bits per heavy atom. The van der Waals surface area contributed by atoms with Crippen LogP contribution in [0.5, 0.6) is 0 Å². The van der Waals surface area contributed by atoms with Gasteiger partial charge in [-0.2, -0.15) is 0 Å². The number of pyridine rings is 1. The summed E-state index contributed by atoms with van der Waals surface area (Å²) in [6.07, 6.45) is 5.60. The average Bonchev–Trinajstić information content (AvgIpc) is 2.41. The summed E-state index contributed by atoms with van der Waals surface area (Å²) in [5, 5.41) is 0.710. The third-order valence-electron chi connectivity index (χ3n) is 2.73. The van der Waals surface area contributed by atoms with E-state index in [2.05, 4.69) is 0 Å². The van der Waals surface area contributed by atoms with Crippen LogP contribution in [0, 0.1) is 0 Å². The van der Waals surface area contributed by atoms with E-state index >= 15 is 0 Å². The Balaban J connectivity index is 2.17. The third kappa shape index (κ3) is 3.81. The molecule has 0 aliphatic heterocycles. The number of nitrogens with zero attached hydrogens (tertiary/aromatic N) is 1. The van der Waals surface area contributed by atoms with Gasteiger partial charge in [-0.25, -0.2) is 0 Å². The summed E-state index contributed by atoms with van der Waals surface area (Å²) in [5.74, 6) is 0. The first kappa shape index (κ1) is 13.6. The molecule has 0 bridgehead atoms. The Kier molecular flexibility index (Phi) is 4.55. The molecule has 4 heteroatoms. The van der Waals surface area contributed by atoms with Crippen LogP contribution in [-0.4, -0.2) is 11.1 Å². The van der Waals surface area contributed by atoms with Gasteiger partial charge in [0, 0.05) is 30.4 Å². The molecule has 98 valence electrons. The van der Waals surface area contributed by atoms with E-state index in [4.69, 9.17) is 17.3 Å². The van der Waals surface area contributed by atoms with Crippen LogP contribution < -0.4 is 11.3 Å². The van der Waals surface area contributed by atoms with Gasteiger partial charge < -0.3 is 10.3 Å². The van der Waals surface area contributed by atoms with Crippen LogP contribution >= 0.6 is 11.6 Å². The molecule has 0 atom stereocenters. The molecule has 0 fully saturated rings. The zero-order valence-electron chi connectivity index (χ0n) is 10.4. The number of aromatic nitrogens is 1. The molecule has 0 aliphatic rings. The molecule has 0 aliphatic carbocycles. The van der Waals surface area contributed by atoms with Gasteiger partial charge in [-0.3, -0.25) is 4.79 Å². The number of benzene rings is 1. The molecular weight excluding hydrogens is 260 g/mol. The molecule has 1 heterocycles. The zero-order valence-corrected chi connectivity index (χ0v) is 11.2. The van der Waals surface area contributed by atoms with Crippen LogP contribution in [0.4, 0.5) is 0 Å². The van der Waals surface area contributed by atoms with Crippen molar-refractivity contribution < 1.29 is 0 Å². The summed E-state index contributed by atoms with van der Waals surface area (Å²) >= 11 is 5.82. The first-order valence-corrected chi connectivity index (χ1v) is 6.41. The number of hydrogen-bond acceptors (Lipinski definition) is 2. The third-order valence-corrected chi connectivity index (χ3v) is 2.98. The van der Waals surface area contributed by atoms with Crippen LogP contribution in [0.2, 0.25) is 5.02 Å². The molecule has 0 amide bonds. The molecule has 1 aromatic heterocycles. The predicted octanol–water partition coefficient (Wildman–Crippen LogP) is 2.63. The van der Waals surface area contributed by atoms with Crippen molar-refractivity contribution in [3.8, 4) is 0 Å². The Hall–Kier alpha value is -1.84. The van der Waals surface area contributed by atoms with Crippen LogP contribution in [0.25, 0.3) is 12.2 Å². The highest BCUT2D eigenvalue weighted by Crippen LogP contribution is 2.12. The Labute approximate surface area is 116 Å². The standard InChI is InChI=1S/C15H15ClN2O/c16-14-5-3-12(4-6-14)1-2-13-7-9-18(10-8-17)15(19)11-13/h1-7,9,11H,8,10,17H2/b2-1+. The van der Waals surface area contributed by atoms with Crippen LogP contribution in [0.1, 0.15) is 11.1 Å². The molecule has 0 unspecified atom stereocenters. The van der Waals surface area contributed by atoms with Gasteiger partial charge in [0.15, 0.2) is 0 Å². The van der Waals surface area contributed by atoms with Crippen molar-refractivity contribution in [3.05, 3.63) is 69.1 Å². The molecule has 2 rings (SSSR count). The van der Waals surface area contributed by atoms with Gasteiger partial charge >= 0.3 is 0 Å². The van der Waals surface area contributed by atoms with Gasteiger partial charge in [-0.1, -0.05) is 35.9 Å². The quantitative estimate of drug-likeness (QED) is 0.932. The summed E-state index contributed by atoms with van der Waals surface area (Å²) in [4.78, 5) is 11.7. The molecular formula is C15H15ClN2O. The molecule has 0 radical (unpaired) electrons. The number of rotatable bonds is 4. The Morgan fingerprint density at radius 3 is 2.42 bits per heavy atom. The summed E-state index contributed by atoms with van der Waals surface area (Å²) < 4.78 is 1.60. The molecule has 1 aromatic carbocycles. The Bertz CT molecular complexity index is 629. The van der Waals surface area contributed by atoms with Gasteiger partial charge in [0.05, 0.1) is 0 Å². The minimum atomic E-state index is -0.0382. The van der Waals surface area contributed by atoms with Crippen LogP contribution in [0.15, 0.2) is 47.4 Å². The molecule has 3 nitrogen and oxygen atoms in total. The minimum Gasteiger partial charge on any atom is -0.329 e. The second-order valence-corrected chi connectivity index (χ2v) is 4.60. The van der Waals surface area contributed by atoms with E-state index in [1.165, 1.54) is 0 Å². The predicted molar refractivity (Wildman–Crippen MR) is 80.1 cm³/mol. The van der Waals surface area contributed by atoms with Gasteiger partial charge in [-0.15, -0.1) is 0 Å². The molecule has 2 N–H and O–H groups in total. The van der Waals surface area contributed by atoms with Crippen LogP contribution in [0.3, 0.4) is 0 Å². The Morgan fingerprint density at radius 1 is 1.11 bits per heavy atom. The van der Waals surface area contributed by atoms with Crippen molar-refractivity contribution in [2.45, 2.75) is 6.54 Å². The molecule has 19 heavy (non-hydrogen) atoms. The fourth-order valence-electron chi connectivity index (χ4n) is 1.72. The zero-order chi connectivity index (χ0) is 13.7. The van der Waals surface area contributed by atoms with E-state index in [1.54, 1.807) is 16.8 Å². The second-order valence-electron chi connectivity index (χ2n) is 4.17. The van der Waals surface area contributed by atoms with Gasteiger partial charge in [0.2, 0.25) is 0 Å². The second kappa shape index (κ2) is 6.36. The first-order valence-electron chi connectivity index (χ1n) is 6.03. The maximum atomic E-state index is 11.7. The molecule has 0 spiro atoms. The highest BCUT2D eigenvalue weighted by Gasteiger charge is 1.95. The largest absolute Gasteiger partial charge is 0.329 e. The smallest absolute Gasteiger partial charge is 0.251 e. The maximum absolute atomic E-state index is 11.7. The fraction of sp³-hybridized carbons (Fsp3) is 0.133. The lowest BCUT2D eigenvalue weighted by Crippen LogP contribution is -2.22. The number of hydrogen-bond donors (Lipinski definition) is 1. The normalized spacial score (nSPS) is 11.1. The van der Waals surface area contributed by atoms with E-state index in [-0.39, 0.29) is 5.56 Å². The lowest BCUT2D eigenvalue weighted by atomic mass is 10.1. The van der Waals surface area contributed by atoms with E-state index in [1.807, 2.05) is 42.5 Å². The van der Waals surface area contributed by atoms with E-state index in [9.17, 15) is 4.79 Å². The molecule has 2 aromatic rings. The average molecular weight is 275 g/mol. The van der Waals surface area contributed by atoms with Crippen molar-refractivity contribution in [1.29, 1.82) is 0 Å². The van der Waals surface area contributed by atoms with Crippen molar-refractivity contribution in [1.82, 2.24) is 4.57 Å². The number of nitrogens with two attached hydrogens (primary N) is 1. The molecule has 0 saturated heterocycles. The van der Waals surface area contributed by atoms with Gasteiger partial charge in [-0.05, 0) is 29.3 Å². The summed E-state index contributed by atoms with van der Waals surface area (Å²) in [6, 6.07) is 11.0. The SMILES string of the molecule is NCCn1ccc(/C=C/c2ccc(Cl)cc2)cc1=O. The summed E-state index contributed by atoms with van der Waals surface area (Å²) in [5.41, 5.74) is 7.30. The van der Waals surface area contributed by atoms with Gasteiger partial charge in [0.1, 0.15) is 0 Å². The van der Waals surface area contributed by atoms with Gasteiger partial charge in [0.25, 0.3) is 5.56 Å². The monoisotopic (exact) mass is 274 g/mol. The summed E-state index contributed by atoms with van der Waals surface area (Å²) in [7, 11) is 0. The van der Waals surface area contributed by atoms with Crippen molar-refractivity contribution >= 4 is 23.8 Å². The number of halogens is 1. The van der Waals surface area contributed by atoms with E-state index in [0.29, 0.717) is 18.1 Å². The molecule has 0 saturated carbocycles. The van der Waals surface area contributed by atoms with Crippen molar-refractivity contribution in [2.75, 3.05) is 6.54 Å². The van der Waals surface area contributed by atoms with E-state index in [0.717, 1.165) is 11.1 Å². The summed E-state index contributed by atoms with van der Waals surface area (Å²) in [6.45, 7) is 1.000. The van der Waals surface area contributed by atoms with Crippen molar-refractivity contribution in [3.63, 3.8) is 0 Å². The first-order chi connectivity index (χ1) is 9.19. The lowest BCUT2D eigenvalue weighted by Gasteiger charge is -2.03. The lowest BCUT2D eigenvalue weighted by molar-refractivity contribution is 0.680. The fourth-order valence-corrected chi connectivity index (χ4v) is 1.84. The topological polar surface area (TPSA) is 48.0 Å². The van der Waals surface area contributed by atoms with E-state index < -0.39 is 0 Å². The highest BCUT2D eigenvalue weighted by molar-refractivity contribution is 6.30. The van der Waals surface area contributed by atoms with Crippen molar-refractivity contribution in [2.24, 2.45) is 5.73 Å².